The Morgan fingerprint density at radius 2 is 0.500 bits per heavy atom. The molecule has 0 heterocycles. The highest BCUT2D eigenvalue weighted by molar-refractivity contribution is 7.47. The molecule has 17 nitrogen and oxygen atoms in total. The first kappa shape index (κ1) is 95.0. The number of hydrogen-bond acceptors (Lipinski definition) is 15. The van der Waals surface area contributed by atoms with Gasteiger partial charge in [0.25, 0.3) is 0 Å². The fourth-order valence-corrected chi connectivity index (χ4v) is 12.7. The summed E-state index contributed by atoms with van der Waals surface area (Å²) < 4.78 is 68.6. The van der Waals surface area contributed by atoms with E-state index in [1.165, 1.54) is 148 Å². The van der Waals surface area contributed by atoms with E-state index in [0.29, 0.717) is 25.7 Å². The van der Waals surface area contributed by atoms with E-state index in [9.17, 15) is 43.2 Å². The van der Waals surface area contributed by atoms with Crippen molar-refractivity contribution in [3.05, 3.63) is 48.6 Å². The van der Waals surface area contributed by atoms with Crippen molar-refractivity contribution >= 4 is 39.5 Å². The first-order chi connectivity index (χ1) is 47.7. The molecule has 3 unspecified atom stereocenters. The van der Waals surface area contributed by atoms with E-state index in [-0.39, 0.29) is 25.7 Å². The maximum absolute atomic E-state index is 13.1. The highest BCUT2D eigenvalue weighted by atomic mass is 31.2. The Kier molecular flexibility index (Phi) is 70.2. The van der Waals surface area contributed by atoms with Gasteiger partial charge in [-0.05, 0) is 109 Å². The molecule has 0 rings (SSSR count). The summed E-state index contributed by atoms with van der Waals surface area (Å²) in [7, 11) is -9.94. The monoisotopic (exact) mass is 1430 g/mol. The number of ether oxygens (including phenoxy) is 4. The zero-order valence-electron chi connectivity index (χ0n) is 62.7. The van der Waals surface area contributed by atoms with E-state index in [4.69, 9.17) is 37.0 Å². The second kappa shape index (κ2) is 72.4. The third-order valence-electron chi connectivity index (χ3n) is 17.3. The Morgan fingerprint density at radius 1 is 0.286 bits per heavy atom. The molecule has 0 radical (unpaired) electrons. The Morgan fingerprint density at radius 3 is 0.786 bits per heavy atom. The van der Waals surface area contributed by atoms with Gasteiger partial charge in [-0.3, -0.25) is 37.3 Å². The van der Waals surface area contributed by atoms with E-state index in [1.807, 2.05) is 0 Å². The largest absolute Gasteiger partial charge is 0.472 e. The second-order valence-corrected chi connectivity index (χ2v) is 29.9. The Labute approximate surface area is 597 Å². The van der Waals surface area contributed by atoms with Crippen LogP contribution in [0.5, 0.6) is 0 Å². The number of aliphatic hydroxyl groups is 1. The molecule has 19 heteroatoms. The zero-order chi connectivity index (χ0) is 71.8. The van der Waals surface area contributed by atoms with Crippen molar-refractivity contribution < 1.29 is 80.2 Å². The van der Waals surface area contributed by atoms with Gasteiger partial charge in [-0.1, -0.05) is 288 Å². The van der Waals surface area contributed by atoms with Gasteiger partial charge in [0, 0.05) is 25.7 Å². The molecule has 0 bridgehead atoms. The third-order valence-corrected chi connectivity index (χ3v) is 19.2. The number of allylic oxidation sites excluding steroid dienone is 8. The maximum atomic E-state index is 13.1. The molecule has 0 fully saturated rings. The minimum Gasteiger partial charge on any atom is -0.462 e. The van der Waals surface area contributed by atoms with Crippen LogP contribution >= 0.6 is 15.6 Å². The third kappa shape index (κ3) is 71.4. The Bertz CT molecular complexity index is 2050. The van der Waals surface area contributed by atoms with Crippen molar-refractivity contribution in [3.8, 4) is 0 Å². The van der Waals surface area contributed by atoms with Crippen LogP contribution in [0.4, 0.5) is 0 Å². The molecule has 0 aliphatic carbocycles. The number of phosphoric acid groups is 2. The number of esters is 4. The van der Waals surface area contributed by atoms with Crippen LogP contribution in [0.1, 0.15) is 374 Å². The summed E-state index contributed by atoms with van der Waals surface area (Å²) in [5.74, 6) is -2.17. The van der Waals surface area contributed by atoms with Crippen molar-refractivity contribution in [2.24, 2.45) is 0 Å². The van der Waals surface area contributed by atoms with Crippen molar-refractivity contribution in [1.82, 2.24) is 0 Å². The van der Waals surface area contributed by atoms with Crippen LogP contribution in [-0.4, -0.2) is 96.7 Å². The molecular formula is C79H146O17P2. The van der Waals surface area contributed by atoms with Crippen molar-refractivity contribution in [2.75, 3.05) is 39.6 Å². The average molecular weight is 1430 g/mol. The predicted octanol–water partition coefficient (Wildman–Crippen LogP) is 22.9. The number of aliphatic hydroxyl groups excluding tert-OH is 1. The molecule has 0 aromatic rings. The summed E-state index contributed by atoms with van der Waals surface area (Å²) in [4.78, 5) is 72.9. The molecule has 98 heavy (non-hydrogen) atoms. The quantitative estimate of drug-likeness (QED) is 0.0169. The fraction of sp³-hybridized carbons (Fsp3) is 0.848. The number of carbonyl (C=O) groups is 4. The lowest BCUT2D eigenvalue weighted by molar-refractivity contribution is -0.161. The lowest BCUT2D eigenvalue weighted by Gasteiger charge is -2.21. The molecule has 0 aliphatic heterocycles. The summed E-state index contributed by atoms with van der Waals surface area (Å²) >= 11 is 0. The van der Waals surface area contributed by atoms with Gasteiger partial charge in [-0.25, -0.2) is 9.13 Å². The average Bonchev–Trinajstić information content (AvgIpc) is 0.984. The van der Waals surface area contributed by atoms with E-state index >= 15 is 0 Å². The topological polar surface area (TPSA) is 237 Å². The van der Waals surface area contributed by atoms with Gasteiger partial charge in [0.05, 0.1) is 26.4 Å². The first-order valence-corrected chi connectivity index (χ1v) is 42.9. The smallest absolute Gasteiger partial charge is 0.462 e. The maximum Gasteiger partial charge on any atom is 0.472 e. The molecule has 0 saturated heterocycles. The molecule has 5 atom stereocenters. The van der Waals surface area contributed by atoms with Crippen LogP contribution in [0.15, 0.2) is 48.6 Å². The van der Waals surface area contributed by atoms with Crippen molar-refractivity contribution in [1.29, 1.82) is 0 Å². The normalized spacial score (nSPS) is 14.2. The fourth-order valence-electron chi connectivity index (χ4n) is 11.1. The van der Waals surface area contributed by atoms with Crippen molar-refractivity contribution in [3.63, 3.8) is 0 Å². The van der Waals surface area contributed by atoms with Gasteiger partial charge in [-0.2, -0.15) is 0 Å². The van der Waals surface area contributed by atoms with Crippen LogP contribution < -0.4 is 0 Å². The van der Waals surface area contributed by atoms with Gasteiger partial charge in [-0.15, -0.1) is 0 Å². The van der Waals surface area contributed by atoms with Gasteiger partial charge >= 0.3 is 39.5 Å². The molecule has 574 valence electrons. The minimum atomic E-state index is -4.97. The molecule has 0 aromatic carbocycles. The standard InChI is InChI=1S/C79H146O17P2/c1-5-9-13-17-21-25-29-33-36-40-43-47-51-55-59-63-76(81)89-69-74(95-78(83)65-61-57-53-49-45-39-32-28-24-20-16-12-8-4)71-93-97(85,86)91-67-73(80)68-92-98(87,88)94-72-75(96-79(84)66-62-58-54-50-46-42-38-35-31-27-23-19-15-11-7-3)70-90-77(82)64-60-56-52-48-44-41-37-34-30-26-22-18-14-10-6-2/h23,27,33-38,73-75,80H,5-22,24-26,28-32,39-72H2,1-4H3,(H,85,86)(H,87,88)/b27-23-,36-33-,37-34-,38-35-/t73?,74-,75-/m1/s1. The first-order valence-electron chi connectivity index (χ1n) is 39.9. The number of rotatable bonds is 76. The summed E-state index contributed by atoms with van der Waals surface area (Å²) in [5.41, 5.74) is 0. The van der Waals surface area contributed by atoms with Gasteiger partial charge in [0.2, 0.25) is 0 Å². The van der Waals surface area contributed by atoms with Gasteiger partial charge < -0.3 is 33.8 Å². The second-order valence-electron chi connectivity index (χ2n) is 27.0. The Hall–Kier alpha value is -2.98. The molecular weight excluding hydrogens is 1280 g/mol. The summed E-state index contributed by atoms with van der Waals surface area (Å²) in [5, 5.41) is 10.6. The van der Waals surface area contributed by atoms with E-state index in [1.54, 1.807) is 0 Å². The molecule has 0 saturated carbocycles. The van der Waals surface area contributed by atoms with Crippen LogP contribution in [0.3, 0.4) is 0 Å². The molecule has 3 N–H and O–H groups in total. The van der Waals surface area contributed by atoms with Crippen LogP contribution in [0.2, 0.25) is 0 Å². The molecule has 0 spiro atoms. The van der Waals surface area contributed by atoms with E-state index < -0.39 is 97.5 Å². The van der Waals surface area contributed by atoms with Crippen LogP contribution in [0, 0.1) is 0 Å². The zero-order valence-corrected chi connectivity index (χ0v) is 64.5. The van der Waals surface area contributed by atoms with Crippen molar-refractivity contribution in [2.45, 2.75) is 393 Å². The summed E-state index contributed by atoms with van der Waals surface area (Å²) in [6.07, 6.45) is 69.4. The van der Waals surface area contributed by atoms with E-state index in [0.717, 1.165) is 148 Å². The minimum absolute atomic E-state index is 0.0822. The highest BCUT2D eigenvalue weighted by Gasteiger charge is 2.30. The van der Waals surface area contributed by atoms with E-state index in [2.05, 4.69) is 76.3 Å². The highest BCUT2D eigenvalue weighted by Crippen LogP contribution is 2.45. The van der Waals surface area contributed by atoms with Gasteiger partial charge in [0.15, 0.2) is 12.2 Å². The van der Waals surface area contributed by atoms with Gasteiger partial charge in [0.1, 0.15) is 19.3 Å². The number of unbranched alkanes of at least 4 members (excludes halogenated alkanes) is 42. The number of carbonyl (C=O) groups excluding carboxylic acids is 4. The lowest BCUT2D eigenvalue weighted by Crippen LogP contribution is -2.30. The number of phosphoric ester groups is 2. The summed E-state index contributed by atoms with van der Waals surface area (Å²) in [6.45, 7) is 4.88. The molecule has 0 aromatic heterocycles. The van der Waals surface area contributed by atoms with Crippen LogP contribution in [0.25, 0.3) is 0 Å². The molecule has 0 aliphatic rings. The summed E-state index contributed by atoms with van der Waals surface area (Å²) in [6, 6.07) is 0. The number of hydrogen-bond donors (Lipinski definition) is 3. The predicted molar refractivity (Wildman–Crippen MR) is 400 cm³/mol. The SMILES string of the molecule is CCCCC/C=C\C/C=C\CCCCCCCC(=O)O[C@H](COC(=O)CCCCCCC/C=C\CCCCCCCC)COP(=O)(O)OCC(O)COP(=O)(O)OC[C@@H](COC(=O)CCCCCCC/C=C\CCCCCCCC)OC(=O)CCCCCCCCCCCCCCC. The Balaban J connectivity index is 5.33. The lowest BCUT2D eigenvalue weighted by atomic mass is 10.0. The molecule has 0 amide bonds. The van der Waals surface area contributed by atoms with Crippen LogP contribution in [-0.2, 0) is 65.4 Å².